The standard InChI is InChI=1S/C12H8Cl2INO2S/c13-8-2-1-3-10(6-8)19(17,18)16-12-5-4-9(15)7-11(12)14/h1-7,16H. The Hall–Kier alpha value is -0.500. The number of halogens is 3. The molecule has 0 amide bonds. The van der Waals surface area contributed by atoms with E-state index < -0.39 is 10.0 Å². The smallest absolute Gasteiger partial charge is 0.261 e. The highest BCUT2D eigenvalue weighted by molar-refractivity contribution is 14.1. The van der Waals surface area contributed by atoms with Gasteiger partial charge in [-0.3, -0.25) is 4.72 Å². The summed E-state index contributed by atoms with van der Waals surface area (Å²) in [6, 6.07) is 11.1. The lowest BCUT2D eigenvalue weighted by molar-refractivity contribution is 0.601. The Bertz CT molecular complexity index is 719. The second kappa shape index (κ2) is 5.87. The van der Waals surface area contributed by atoms with E-state index in [0.29, 0.717) is 15.7 Å². The van der Waals surface area contributed by atoms with E-state index in [1.807, 2.05) is 0 Å². The van der Waals surface area contributed by atoms with Gasteiger partial charge in [-0.1, -0.05) is 29.3 Å². The van der Waals surface area contributed by atoms with E-state index in [1.54, 1.807) is 30.3 Å². The molecule has 2 rings (SSSR count). The van der Waals surface area contributed by atoms with Crippen LogP contribution >= 0.6 is 45.8 Å². The Balaban J connectivity index is 2.36. The maximum absolute atomic E-state index is 12.2. The molecule has 1 N–H and O–H groups in total. The highest BCUT2D eigenvalue weighted by Crippen LogP contribution is 2.26. The summed E-state index contributed by atoms with van der Waals surface area (Å²) >= 11 is 13.9. The van der Waals surface area contributed by atoms with Crippen molar-refractivity contribution in [1.82, 2.24) is 0 Å². The van der Waals surface area contributed by atoms with E-state index in [-0.39, 0.29) is 4.90 Å². The average Bonchev–Trinajstić information content (AvgIpc) is 2.33. The molecule has 2 aromatic carbocycles. The lowest BCUT2D eigenvalue weighted by atomic mass is 10.3. The second-order valence-corrected chi connectivity index (χ2v) is 7.46. The summed E-state index contributed by atoms with van der Waals surface area (Å²) in [7, 11) is -3.69. The molecule has 0 atom stereocenters. The summed E-state index contributed by atoms with van der Waals surface area (Å²) < 4.78 is 27.7. The molecule has 0 radical (unpaired) electrons. The van der Waals surface area contributed by atoms with Crippen molar-refractivity contribution in [3.05, 3.63) is 56.1 Å². The van der Waals surface area contributed by atoms with Gasteiger partial charge in [0.15, 0.2) is 0 Å². The third kappa shape index (κ3) is 3.75. The van der Waals surface area contributed by atoms with Gasteiger partial charge < -0.3 is 0 Å². The Labute approximate surface area is 135 Å². The number of benzene rings is 2. The van der Waals surface area contributed by atoms with Gasteiger partial charge in [0.1, 0.15) is 0 Å². The van der Waals surface area contributed by atoms with Crippen LogP contribution in [0.2, 0.25) is 10.0 Å². The van der Waals surface area contributed by atoms with Gasteiger partial charge >= 0.3 is 0 Å². The monoisotopic (exact) mass is 427 g/mol. The van der Waals surface area contributed by atoms with E-state index in [2.05, 4.69) is 27.3 Å². The fourth-order valence-corrected chi connectivity index (χ4v) is 3.75. The number of sulfonamides is 1. The van der Waals surface area contributed by atoms with E-state index >= 15 is 0 Å². The zero-order chi connectivity index (χ0) is 14.0. The number of rotatable bonds is 3. The van der Waals surface area contributed by atoms with Crippen LogP contribution in [0.25, 0.3) is 0 Å². The van der Waals surface area contributed by atoms with Crippen molar-refractivity contribution in [1.29, 1.82) is 0 Å². The third-order valence-electron chi connectivity index (χ3n) is 2.28. The van der Waals surface area contributed by atoms with Gasteiger partial charge in [-0.15, -0.1) is 0 Å². The van der Waals surface area contributed by atoms with E-state index in [9.17, 15) is 8.42 Å². The zero-order valence-corrected chi connectivity index (χ0v) is 13.9. The third-order valence-corrected chi connectivity index (χ3v) is 4.86. The Kier molecular flexibility index (Phi) is 4.60. The first kappa shape index (κ1) is 14.9. The summed E-state index contributed by atoms with van der Waals surface area (Å²) in [6.45, 7) is 0. The largest absolute Gasteiger partial charge is 0.278 e. The molecule has 0 aliphatic heterocycles. The van der Waals surface area contributed by atoms with Gasteiger partial charge in [0.2, 0.25) is 0 Å². The van der Waals surface area contributed by atoms with Gasteiger partial charge in [0.05, 0.1) is 15.6 Å². The van der Waals surface area contributed by atoms with Crippen molar-refractivity contribution in [2.45, 2.75) is 4.90 Å². The molecular formula is C12H8Cl2INO2S. The Morgan fingerprint density at radius 2 is 1.79 bits per heavy atom. The van der Waals surface area contributed by atoms with Crippen LogP contribution in [0.4, 0.5) is 5.69 Å². The highest BCUT2D eigenvalue weighted by Gasteiger charge is 2.16. The summed E-state index contributed by atoms with van der Waals surface area (Å²) in [6.07, 6.45) is 0. The van der Waals surface area contributed by atoms with Crippen molar-refractivity contribution in [2.24, 2.45) is 0 Å². The van der Waals surface area contributed by atoms with Crippen molar-refractivity contribution < 1.29 is 8.42 Å². The number of anilines is 1. The second-order valence-electron chi connectivity index (χ2n) is 3.69. The lowest BCUT2D eigenvalue weighted by Crippen LogP contribution is -2.13. The van der Waals surface area contributed by atoms with Crippen molar-refractivity contribution in [3.63, 3.8) is 0 Å². The fourth-order valence-electron chi connectivity index (χ4n) is 1.41. The lowest BCUT2D eigenvalue weighted by Gasteiger charge is -2.10. The molecule has 0 spiro atoms. The molecule has 0 heterocycles. The van der Waals surface area contributed by atoms with E-state index in [4.69, 9.17) is 23.2 Å². The fraction of sp³-hybridized carbons (Fsp3) is 0. The maximum Gasteiger partial charge on any atom is 0.261 e. The van der Waals surface area contributed by atoms with Gasteiger partial charge in [0, 0.05) is 8.59 Å². The van der Waals surface area contributed by atoms with Gasteiger partial charge in [-0.05, 0) is 59.0 Å². The molecular weight excluding hydrogens is 420 g/mol. The molecule has 7 heteroatoms. The molecule has 0 aliphatic carbocycles. The summed E-state index contributed by atoms with van der Waals surface area (Å²) in [4.78, 5) is 0.0922. The minimum Gasteiger partial charge on any atom is -0.278 e. The van der Waals surface area contributed by atoms with E-state index in [1.165, 1.54) is 12.1 Å². The van der Waals surface area contributed by atoms with Crippen LogP contribution in [-0.4, -0.2) is 8.42 Å². The van der Waals surface area contributed by atoms with Crippen LogP contribution in [0, 0.1) is 3.57 Å². The van der Waals surface area contributed by atoms with Crippen molar-refractivity contribution in [3.8, 4) is 0 Å². The van der Waals surface area contributed by atoms with Crippen LogP contribution in [-0.2, 0) is 10.0 Å². The minimum absolute atomic E-state index is 0.0922. The van der Waals surface area contributed by atoms with Gasteiger partial charge in [-0.25, -0.2) is 8.42 Å². The average molecular weight is 428 g/mol. The van der Waals surface area contributed by atoms with Crippen LogP contribution < -0.4 is 4.72 Å². The molecule has 0 saturated carbocycles. The predicted molar refractivity (Wildman–Crippen MR) is 86.4 cm³/mol. The Morgan fingerprint density at radius 1 is 1.05 bits per heavy atom. The molecule has 100 valence electrons. The molecule has 0 saturated heterocycles. The molecule has 3 nitrogen and oxygen atoms in total. The first-order chi connectivity index (χ1) is 8.88. The van der Waals surface area contributed by atoms with Crippen LogP contribution in [0.15, 0.2) is 47.4 Å². The van der Waals surface area contributed by atoms with Crippen LogP contribution in [0.1, 0.15) is 0 Å². The van der Waals surface area contributed by atoms with E-state index in [0.717, 1.165) is 3.57 Å². The van der Waals surface area contributed by atoms with Crippen LogP contribution in [0.5, 0.6) is 0 Å². The quantitative estimate of drug-likeness (QED) is 0.738. The molecule has 0 aliphatic rings. The molecule has 0 bridgehead atoms. The molecule has 0 aromatic heterocycles. The first-order valence-electron chi connectivity index (χ1n) is 5.12. The normalized spacial score (nSPS) is 11.3. The number of nitrogens with one attached hydrogen (secondary N) is 1. The summed E-state index contributed by atoms with van der Waals surface area (Å²) in [5.41, 5.74) is 0.335. The first-order valence-corrected chi connectivity index (χ1v) is 8.44. The minimum atomic E-state index is -3.69. The van der Waals surface area contributed by atoms with Crippen molar-refractivity contribution >= 4 is 61.5 Å². The van der Waals surface area contributed by atoms with Gasteiger partial charge in [-0.2, -0.15) is 0 Å². The van der Waals surface area contributed by atoms with Crippen LogP contribution in [0.3, 0.4) is 0 Å². The van der Waals surface area contributed by atoms with Crippen molar-refractivity contribution in [2.75, 3.05) is 4.72 Å². The molecule has 0 fully saturated rings. The highest BCUT2D eigenvalue weighted by atomic mass is 127. The molecule has 0 unspecified atom stereocenters. The maximum atomic E-state index is 12.2. The SMILES string of the molecule is O=S(=O)(Nc1ccc(I)cc1Cl)c1cccc(Cl)c1. The Morgan fingerprint density at radius 3 is 2.42 bits per heavy atom. The predicted octanol–water partition coefficient (Wildman–Crippen LogP) is 4.40. The molecule has 2 aromatic rings. The van der Waals surface area contributed by atoms with Gasteiger partial charge in [0.25, 0.3) is 10.0 Å². The summed E-state index contributed by atoms with van der Waals surface area (Å²) in [5, 5.41) is 0.703. The summed E-state index contributed by atoms with van der Waals surface area (Å²) in [5.74, 6) is 0. The number of hydrogen-bond donors (Lipinski definition) is 1. The number of hydrogen-bond acceptors (Lipinski definition) is 2. The zero-order valence-electron chi connectivity index (χ0n) is 9.40. The molecule has 19 heavy (non-hydrogen) atoms. The topological polar surface area (TPSA) is 46.2 Å².